The lowest BCUT2D eigenvalue weighted by molar-refractivity contribution is 0.385. The van der Waals surface area contributed by atoms with Gasteiger partial charge >= 0.3 is 0 Å². The van der Waals surface area contributed by atoms with Crippen molar-refractivity contribution in [3.63, 3.8) is 0 Å². The third-order valence-corrected chi connectivity index (χ3v) is 8.64. The molecule has 5 heteroatoms. The van der Waals surface area contributed by atoms with Gasteiger partial charge in [-0.05, 0) is 29.8 Å². The number of para-hydroxylation sites is 1. The lowest BCUT2D eigenvalue weighted by atomic mass is 9.62. The van der Waals surface area contributed by atoms with E-state index in [1.807, 2.05) is 91.0 Å². The number of fused-ring (bicyclic) bond motifs is 4. The van der Waals surface area contributed by atoms with Crippen LogP contribution in [0.25, 0.3) is 34.2 Å². The Balaban J connectivity index is 1.29. The van der Waals surface area contributed by atoms with E-state index >= 15 is 0 Å². The molecular weight excluding hydrogens is 554 g/mol. The Kier molecular flexibility index (Phi) is 5.65. The minimum Gasteiger partial charge on any atom is -0.457 e. The molecule has 0 spiro atoms. The van der Waals surface area contributed by atoms with Gasteiger partial charge in [0.1, 0.15) is 23.0 Å². The molecule has 9 rings (SSSR count). The molecule has 0 radical (unpaired) electrons. The van der Waals surface area contributed by atoms with Crippen molar-refractivity contribution in [1.82, 2.24) is 15.0 Å². The molecule has 0 saturated heterocycles. The Morgan fingerprint density at radius 3 is 1.51 bits per heavy atom. The Bertz CT molecular complexity index is 2160. The van der Waals surface area contributed by atoms with Crippen molar-refractivity contribution < 1.29 is 9.47 Å². The molecule has 6 aromatic carbocycles. The highest BCUT2D eigenvalue weighted by Crippen LogP contribution is 2.62. The van der Waals surface area contributed by atoms with Crippen molar-refractivity contribution in [2.75, 3.05) is 0 Å². The molecule has 5 nitrogen and oxygen atoms in total. The molecule has 212 valence electrons. The predicted molar refractivity (Wildman–Crippen MR) is 175 cm³/mol. The SMILES string of the molecule is c1ccc(-c2nc(-c3ccccc3)nc(-c3ccc4c(c3)Oc3cccc5c3C4(c3ccccc3)c3ccccc3O5)n2)cc1. The van der Waals surface area contributed by atoms with Crippen molar-refractivity contribution in [1.29, 1.82) is 0 Å². The molecule has 0 bridgehead atoms. The second kappa shape index (κ2) is 10.00. The standard InChI is InChI=1S/C40H25N3O2/c1-4-13-26(14-5-1)37-41-38(27-15-6-2-7-16-27)43-39(42-37)28-23-24-31-35(25-28)45-34-22-12-21-33-36(34)40(31,29-17-8-3-9-18-29)30-19-10-11-20-32(30)44-33/h1-25H. The van der Waals surface area contributed by atoms with Crippen molar-refractivity contribution in [3.8, 4) is 57.2 Å². The Hall–Kier alpha value is -6.07. The summed E-state index contributed by atoms with van der Waals surface area (Å²) >= 11 is 0. The van der Waals surface area contributed by atoms with E-state index < -0.39 is 5.41 Å². The zero-order valence-electron chi connectivity index (χ0n) is 24.1. The first-order chi connectivity index (χ1) is 22.3. The molecule has 45 heavy (non-hydrogen) atoms. The van der Waals surface area contributed by atoms with Gasteiger partial charge in [-0.15, -0.1) is 0 Å². The minimum absolute atomic E-state index is 0.579. The Morgan fingerprint density at radius 1 is 0.378 bits per heavy atom. The number of aromatic nitrogens is 3. The third kappa shape index (κ3) is 3.91. The molecule has 2 aliphatic heterocycles. The molecule has 1 atom stereocenters. The van der Waals surface area contributed by atoms with E-state index in [2.05, 4.69) is 60.7 Å². The van der Waals surface area contributed by atoms with Gasteiger partial charge in [-0.2, -0.15) is 0 Å². The molecule has 0 fully saturated rings. The van der Waals surface area contributed by atoms with Crippen LogP contribution in [0.1, 0.15) is 22.3 Å². The quantitative estimate of drug-likeness (QED) is 0.208. The van der Waals surface area contributed by atoms with Crippen LogP contribution < -0.4 is 9.47 Å². The van der Waals surface area contributed by atoms with Crippen molar-refractivity contribution in [3.05, 3.63) is 174 Å². The van der Waals surface area contributed by atoms with Gasteiger partial charge in [-0.1, -0.05) is 127 Å². The van der Waals surface area contributed by atoms with E-state index in [-0.39, 0.29) is 0 Å². The maximum atomic E-state index is 6.73. The van der Waals surface area contributed by atoms with Crippen molar-refractivity contribution in [2.24, 2.45) is 0 Å². The summed E-state index contributed by atoms with van der Waals surface area (Å²) in [5.74, 6) is 4.96. The molecule has 1 unspecified atom stereocenters. The fourth-order valence-corrected chi connectivity index (χ4v) is 6.70. The first kappa shape index (κ1) is 25.4. The van der Waals surface area contributed by atoms with Crippen LogP contribution in [0.2, 0.25) is 0 Å². The summed E-state index contributed by atoms with van der Waals surface area (Å²) in [6, 6.07) is 51.3. The third-order valence-electron chi connectivity index (χ3n) is 8.64. The zero-order valence-corrected chi connectivity index (χ0v) is 24.1. The summed E-state index contributed by atoms with van der Waals surface area (Å²) in [5, 5.41) is 0. The van der Waals surface area contributed by atoms with Crippen LogP contribution >= 0.6 is 0 Å². The fraction of sp³-hybridized carbons (Fsp3) is 0.0250. The summed E-state index contributed by atoms with van der Waals surface area (Å²) in [4.78, 5) is 14.8. The molecule has 0 aliphatic carbocycles. The van der Waals surface area contributed by atoms with Crippen LogP contribution in [0, 0.1) is 0 Å². The van der Waals surface area contributed by atoms with Gasteiger partial charge in [0, 0.05) is 27.8 Å². The predicted octanol–water partition coefficient (Wildman–Crippen LogP) is 9.47. The van der Waals surface area contributed by atoms with E-state index in [1.54, 1.807) is 0 Å². The van der Waals surface area contributed by atoms with E-state index in [1.165, 1.54) is 0 Å². The lowest BCUT2D eigenvalue weighted by Gasteiger charge is -2.45. The molecule has 0 saturated carbocycles. The summed E-state index contributed by atoms with van der Waals surface area (Å²) in [7, 11) is 0. The van der Waals surface area contributed by atoms with Crippen LogP contribution in [0.15, 0.2) is 152 Å². The summed E-state index contributed by atoms with van der Waals surface area (Å²) < 4.78 is 13.2. The molecular formula is C40H25N3O2. The second-order valence-corrected chi connectivity index (χ2v) is 11.2. The van der Waals surface area contributed by atoms with Crippen LogP contribution in [0.3, 0.4) is 0 Å². The van der Waals surface area contributed by atoms with Crippen molar-refractivity contribution in [2.45, 2.75) is 5.41 Å². The van der Waals surface area contributed by atoms with Gasteiger partial charge in [0.25, 0.3) is 0 Å². The van der Waals surface area contributed by atoms with E-state index in [0.29, 0.717) is 17.5 Å². The highest BCUT2D eigenvalue weighted by atomic mass is 16.5. The molecule has 0 N–H and O–H groups in total. The Labute approximate surface area is 260 Å². The smallest absolute Gasteiger partial charge is 0.164 e. The van der Waals surface area contributed by atoms with E-state index in [0.717, 1.165) is 61.9 Å². The molecule has 7 aromatic rings. The van der Waals surface area contributed by atoms with Crippen LogP contribution in [0.4, 0.5) is 0 Å². The number of benzene rings is 6. The topological polar surface area (TPSA) is 57.1 Å². The minimum atomic E-state index is -0.641. The van der Waals surface area contributed by atoms with Gasteiger partial charge in [-0.25, -0.2) is 15.0 Å². The molecule has 2 aliphatic rings. The zero-order chi connectivity index (χ0) is 29.8. The number of rotatable bonds is 4. The van der Waals surface area contributed by atoms with Gasteiger partial charge in [-0.3, -0.25) is 0 Å². The highest BCUT2D eigenvalue weighted by molar-refractivity contribution is 5.78. The second-order valence-electron chi connectivity index (χ2n) is 11.2. The van der Waals surface area contributed by atoms with Gasteiger partial charge < -0.3 is 9.47 Å². The summed E-state index contributed by atoms with van der Waals surface area (Å²) in [6.45, 7) is 0. The lowest BCUT2D eigenvalue weighted by Crippen LogP contribution is -2.36. The average Bonchev–Trinajstić information content (AvgIpc) is 3.12. The van der Waals surface area contributed by atoms with Gasteiger partial charge in [0.15, 0.2) is 17.5 Å². The number of hydrogen-bond acceptors (Lipinski definition) is 5. The van der Waals surface area contributed by atoms with Crippen molar-refractivity contribution >= 4 is 0 Å². The summed E-state index contributed by atoms with van der Waals surface area (Å²) in [6.07, 6.45) is 0. The largest absolute Gasteiger partial charge is 0.457 e. The van der Waals surface area contributed by atoms with Crippen LogP contribution in [0.5, 0.6) is 23.0 Å². The maximum Gasteiger partial charge on any atom is 0.164 e. The van der Waals surface area contributed by atoms with Gasteiger partial charge in [0.2, 0.25) is 0 Å². The fourth-order valence-electron chi connectivity index (χ4n) is 6.70. The first-order valence-electron chi connectivity index (χ1n) is 14.9. The summed E-state index contributed by atoms with van der Waals surface area (Å²) in [5.41, 5.74) is 6.32. The van der Waals surface area contributed by atoms with E-state index in [9.17, 15) is 0 Å². The van der Waals surface area contributed by atoms with Gasteiger partial charge in [0.05, 0.1) is 11.0 Å². The first-order valence-corrected chi connectivity index (χ1v) is 14.9. The molecule has 0 amide bonds. The average molecular weight is 580 g/mol. The van der Waals surface area contributed by atoms with E-state index in [4.69, 9.17) is 24.4 Å². The molecule has 1 aromatic heterocycles. The normalized spacial score (nSPS) is 15.6. The van der Waals surface area contributed by atoms with Crippen LogP contribution in [-0.2, 0) is 5.41 Å². The monoisotopic (exact) mass is 579 g/mol. The molecule has 3 heterocycles. The highest BCUT2D eigenvalue weighted by Gasteiger charge is 2.51. The maximum absolute atomic E-state index is 6.73. The number of nitrogens with zero attached hydrogens (tertiary/aromatic N) is 3. The van der Waals surface area contributed by atoms with Crippen LogP contribution in [-0.4, -0.2) is 15.0 Å². The Morgan fingerprint density at radius 2 is 0.867 bits per heavy atom. The number of ether oxygens (including phenoxy) is 2. The number of hydrogen-bond donors (Lipinski definition) is 0.